The van der Waals surface area contributed by atoms with Crippen LogP contribution in [0.5, 0.6) is 0 Å². The Balaban J connectivity index is 0.000000980. The van der Waals surface area contributed by atoms with Gasteiger partial charge in [-0.05, 0) is 36.6 Å². The van der Waals surface area contributed by atoms with Crippen LogP contribution in [0.1, 0.15) is 29.7 Å². The Morgan fingerprint density at radius 3 is 3.00 bits per heavy atom. The lowest BCUT2D eigenvalue weighted by Crippen LogP contribution is -2.28. The molecule has 0 amide bonds. The summed E-state index contributed by atoms with van der Waals surface area (Å²) in [7, 11) is 0. The molecule has 0 bridgehead atoms. The molecule has 0 radical (unpaired) electrons. The number of halogens is 1. The lowest BCUT2D eigenvalue weighted by molar-refractivity contribution is 0.279. The van der Waals surface area contributed by atoms with Crippen LogP contribution in [0.4, 0.5) is 0 Å². The van der Waals surface area contributed by atoms with Crippen molar-refractivity contribution in [3.8, 4) is 0 Å². The Kier molecular flexibility index (Phi) is 3.93. The largest absolute Gasteiger partial charge is 0.392 e. The quantitative estimate of drug-likeness (QED) is 0.746. The van der Waals surface area contributed by atoms with Crippen LogP contribution in [0.25, 0.3) is 0 Å². The van der Waals surface area contributed by atoms with Crippen LogP contribution in [-0.4, -0.2) is 11.7 Å². The molecule has 0 fully saturated rings. The van der Waals surface area contributed by atoms with Gasteiger partial charge in [-0.15, -0.1) is 12.4 Å². The first-order valence-electron chi connectivity index (χ1n) is 4.78. The highest BCUT2D eigenvalue weighted by Gasteiger charge is 2.17. The van der Waals surface area contributed by atoms with Gasteiger partial charge < -0.3 is 10.4 Å². The molecule has 1 heterocycles. The number of benzene rings is 1. The Morgan fingerprint density at radius 1 is 1.50 bits per heavy atom. The van der Waals surface area contributed by atoms with Crippen molar-refractivity contribution in [1.29, 1.82) is 0 Å². The van der Waals surface area contributed by atoms with E-state index in [0.29, 0.717) is 6.04 Å². The van der Waals surface area contributed by atoms with Gasteiger partial charge in [0, 0.05) is 6.04 Å². The maximum Gasteiger partial charge on any atom is 0.0684 e. The monoisotopic (exact) mass is 213 g/mol. The molecule has 0 aliphatic carbocycles. The van der Waals surface area contributed by atoms with Crippen molar-refractivity contribution < 1.29 is 5.11 Å². The van der Waals surface area contributed by atoms with Crippen LogP contribution in [-0.2, 0) is 13.0 Å². The smallest absolute Gasteiger partial charge is 0.0684 e. The first kappa shape index (κ1) is 11.5. The van der Waals surface area contributed by atoms with Crippen molar-refractivity contribution in [2.75, 3.05) is 6.54 Å². The van der Waals surface area contributed by atoms with E-state index < -0.39 is 0 Å². The van der Waals surface area contributed by atoms with E-state index in [9.17, 15) is 0 Å². The van der Waals surface area contributed by atoms with Gasteiger partial charge in [0.25, 0.3) is 0 Å². The maximum absolute atomic E-state index is 9.16. The van der Waals surface area contributed by atoms with E-state index in [1.54, 1.807) is 0 Å². The minimum atomic E-state index is 0. The lowest BCUT2D eigenvalue weighted by Gasteiger charge is -2.25. The summed E-state index contributed by atoms with van der Waals surface area (Å²) in [4.78, 5) is 0. The third kappa shape index (κ3) is 1.92. The maximum atomic E-state index is 9.16. The molecule has 1 aromatic carbocycles. The van der Waals surface area contributed by atoms with Crippen LogP contribution in [0.15, 0.2) is 18.2 Å². The summed E-state index contributed by atoms with van der Waals surface area (Å²) in [5.41, 5.74) is 3.78. The van der Waals surface area contributed by atoms with Gasteiger partial charge in [-0.25, -0.2) is 0 Å². The predicted molar refractivity (Wildman–Crippen MR) is 59.7 cm³/mol. The van der Waals surface area contributed by atoms with Crippen molar-refractivity contribution >= 4 is 12.4 Å². The molecule has 2 rings (SSSR count). The fourth-order valence-electron chi connectivity index (χ4n) is 2.04. The molecule has 1 aromatic rings. The molecule has 1 aliphatic rings. The molecule has 2 N–H and O–H groups in total. The van der Waals surface area contributed by atoms with Gasteiger partial charge in [0.2, 0.25) is 0 Å². The normalized spacial score (nSPS) is 19.7. The molecule has 0 saturated heterocycles. The SMILES string of the molecule is C[C@@H]1NCCc2c(CO)cccc21.Cl. The van der Waals surface area contributed by atoms with E-state index >= 15 is 0 Å². The highest BCUT2D eigenvalue weighted by Crippen LogP contribution is 2.25. The van der Waals surface area contributed by atoms with Gasteiger partial charge >= 0.3 is 0 Å². The Bertz CT molecular complexity index is 314. The molecular formula is C11H16ClNO. The predicted octanol–water partition coefficient (Wildman–Crippen LogP) is 1.81. The molecule has 3 heteroatoms. The van der Waals surface area contributed by atoms with E-state index in [-0.39, 0.29) is 19.0 Å². The summed E-state index contributed by atoms with van der Waals surface area (Å²) in [6, 6.07) is 6.60. The van der Waals surface area contributed by atoms with Crippen LogP contribution in [0, 0.1) is 0 Å². The molecule has 1 atom stereocenters. The molecule has 2 nitrogen and oxygen atoms in total. The average Bonchev–Trinajstić information content (AvgIpc) is 2.18. The molecule has 0 aromatic heterocycles. The second kappa shape index (κ2) is 4.78. The topological polar surface area (TPSA) is 32.3 Å². The van der Waals surface area contributed by atoms with E-state index in [4.69, 9.17) is 5.11 Å². The summed E-state index contributed by atoms with van der Waals surface area (Å²) < 4.78 is 0. The Morgan fingerprint density at radius 2 is 2.29 bits per heavy atom. The highest BCUT2D eigenvalue weighted by molar-refractivity contribution is 5.85. The second-order valence-corrected chi connectivity index (χ2v) is 3.57. The van der Waals surface area contributed by atoms with Crippen molar-refractivity contribution in [3.05, 3.63) is 34.9 Å². The average molecular weight is 214 g/mol. The van der Waals surface area contributed by atoms with E-state index in [1.807, 2.05) is 12.1 Å². The number of rotatable bonds is 1. The van der Waals surface area contributed by atoms with Crippen molar-refractivity contribution in [2.45, 2.75) is 26.0 Å². The number of hydrogen-bond acceptors (Lipinski definition) is 2. The number of nitrogens with one attached hydrogen (secondary N) is 1. The zero-order valence-corrected chi connectivity index (χ0v) is 9.10. The van der Waals surface area contributed by atoms with Crippen LogP contribution in [0.2, 0.25) is 0 Å². The van der Waals surface area contributed by atoms with Gasteiger partial charge in [-0.2, -0.15) is 0 Å². The summed E-state index contributed by atoms with van der Waals surface area (Å²) in [6.07, 6.45) is 1.04. The molecule has 0 spiro atoms. The third-order valence-electron chi connectivity index (χ3n) is 2.77. The van der Waals surface area contributed by atoms with E-state index in [1.165, 1.54) is 11.1 Å². The standard InChI is InChI=1S/C11H15NO.ClH/c1-8-10-4-2-3-9(7-13)11(10)5-6-12-8;/h2-4,8,12-13H,5-7H2,1H3;1H/t8-;/m0./s1. The number of aliphatic hydroxyl groups is 1. The molecule has 0 saturated carbocycles. The fraction of sp³-hybridized carbons (Fsp3) is 0.455. The van der Waals surface area contributed by atoms with Gasteiger partial charge in [-0.3, -0.25) is 0 Å². The van der Waals surface area contributed by atoms with Gasteiger partial charge in [0.05, 0.1) is 6.61 Å². The van der Waals surface area contributed by atoms with Crippen LogP contribution >= 0.6 is 12.4 Å². The Labute approximate surface area is 90.7 Å². The number of fused-ring (bicyclic) bond motifs is 1. The highest BCUT2D eigenvalue weighted by atomic mass is 35.5. The van der Waals surface area contributed by atoms with Crippen molar-refractivity contribution in [3.63, 3.8) is 0 Å². The second-order valence-electron chi connectivity index (χ2n) is 3.57. The first-order chi connectivity index (χ1) is 6.33. The summed E-state index contributed by atoms with van der Waals surface area (Å²) >= 11 is 0. The molecular weight excluding hydrogens is 198 g/mol. The van der Waals surface area contributed by atoms with Crippen LogP contribution < -0.4 is 5.32 Å². The first-order valence-corrected chi connectivity index (χ1v) is 4.78. The molecule has 14 heavy (non-hydrogen) atoms. The summed E-state index contributed by atoms with van der Waals surface area (Å²) in [6.45, 7) is 3.35. The fourth-order valence-corrected chi connectivity index (χ4v) is 2.04. The zero-order chi connectivity index (χ0) is 9.26. The van der Waals surface area contributed by atoms with Gasteiger partial charge in [-0.1, -0.05) is 18.2 Å². The van der Waals surface area contributed by atoms with Crippen LogP contribution in [0.3, 0.4) is 0 Å². The third-order valence-corrected chi connectivity index (χ3v) is 2.77. The van der Waals surface area contributed by atoms with Gasteiger partial charge in [0.1, 0.15) is 0 Å². The zero-order valence-electron chi connectivity index (χ0n) is 8.29. The van der Waals surface area contributed by atoms with Crippen molar-refractivity contribution in [1.82, 2.24) is 5.32 Å². The van der Waals surface area contributed by atoms with Crippen molar-refractivity contribution in [2.24, 2.45) is 0 Å². The Hall–Kier alpha value is -0.570. The summed E-state index contributed by atoms with van der Waals surface area (Å²) in [5, 5.41) is 12.6. The summed E-state index contributed by atoms with van der Waals surface area (Å²) in [5.74, 6) is 0. The van der Waals surface area contributed by atoms with E-state index in [2.05, 4.69) is 18.3 Å². The van der Waals surface area contributed by atoms with E-state index in [0.717, 1.165) is 18.5 Å². The molecule has 78 valence electrons. The number of aliphatic hydroxyl groups excluding tert-OH is 1. The number of hydrogen-bond donors (Lipinski definition) is 2. The van der Waals surface area contributed by atoms with Gasteiger partial charge in [0.15, 0.2) is 0 Å². The minimum Gasteiger partial charge on any atom is -0.392 e. The lowest BCUT2D eigenvalue weighted by atomic mass is 9.91. The molecule has 0 unspecified atom stereocenters. The molecule has 1 aliphatic heterocycles. The minimum absolute atomic E-state index is 0.